The molecule has 2 unspecified atom stereocenters. The van der Waals surface area contributed by atoms with E-state index in [1.165, 1.54) is 5.56 Å². The van der Waals surface area contributed by atoms with Crippen LogP contribution in [-0.2, 0) is 13.3 Å². The maximum Gasteiger partial charge on any atom is 0.513 e. The molecule has 0 saturated carbocycles. The molecule has 5 heteroatoms. The van der Waals surface area contributed by atoms with Gasteiger partial charge in [-0.15, -0.1) is 11.8 Å². The van der Waals surface area contributed by atoms with Gasteiger partial charge in [0.1, 0.15) is 0 Å². The molecule has 0 aliphatic heterocycles. The maximum atomic E-state index is 5.60. The fourth-order valence-electron chi connectivity index (χ4n) is 2.12. The molecule has 108 valence electrons. The second-order valence-electron chi connectivity index (χ2n) is 4.30. The van der Waals surface area contributed by atoms with Crippen LogP contribution in [-0.4, -0.2) is 35.0 Å². The molecule has 0 N–H and O–H groups in total. The molecule has 0 heterocycles. The van der Waals surface area contributed by atoms with Crippen LogP contribution in [0.4, 0.5) is 0 Å². The second kappa shape index (κ2) is 8.07. The van der Waals surface area contributed by atoms with Gasteiger partial charge in [0, 0.05) is 26.6 Å². The third-order valence-electron chi connectivity index (χ3n) is 3.26. The first-order chi connectivity index (χ1) is 9.13. The average Bonchev–Trinajstić information content (AvgIpc) is 2.49. The summed E-state index contributed by atoms with van der Waals surface area (Å²) in [4.78, 5) is 0.239. The van der Waals surface area contributed by atoms with Gasteiger partial charge < -0.3 is 13.3 Å². The van der Waals surface area contributed by atoms with E-state index in [-0.39, 0.29) is 4.87 Å². The molecule has 0 aliphatic carbocycles. The van der Waals surface area contributed by atoms with Crippen molar-refractivity contribution in [3.05, 3.63) is 35.9 Å². The highest BCUT2D eigenvalue weighted by Crippen LogP contribution is 2.37. The normalized spacial score (nSPS) is 15.2. The lowest BCUT2D eigenvalue weighted by atomic mass is 10.2. The molecule has 0 amide bonds. The Morgan fingerprint density at radius 1 is 1.05 bits per heavy atom. The van der Waals surface area contributed by atoms with Crippen molar-refractivity contribution in [1.82, 2.24) is 0 Å². The SMILES string of the molecule is CCC(SC(C)c1ccccc1)[Si](OC)(OC)OC. The van der Waals surface area contributed by atoms with E-state index in [1.54, 1.807) is 21.3 Å². The third kappa shape index (κ3) is 4.06. The van der Waals surface area contributed by atoms with E-state index >= 15 is 0 Å². The van der Waals surface area contributed by atoms with Crippen LogP contribution in [0.1, 0.15) is 31.1 Å². The van der Waals surface area contributed by atoms with Gasteiger partial charge in [-0.2, -0.15) is 0 Å². The molecule has 2 atom stereocenters. The van der Waals surface area contributed by atoms with Crippen LogP contribution in [0, 0.1) is 0 Å². The van der Waals surface area contributed by atoms with Crippen LogP contribution in [0.2, 0.25) is 0 Å². The average molecular weight is 300 g/mol. The maximum absolute atomic E-state index is 5.60. The van der Waals surface area contributed by atoms with Crippen LogP contribution in [0.3, 0.4) is 0 Å². The number of hydrogen-bond donors (Lipinski definition) is 0. The Balaban J connectivity index is 2.81. The van der Waals surface area contributed by atoms with Crippen LogP contribution in [0.5, 0.6) is 0 Å². The summed E-state index contributed by atoms with van der Waals surface area (Å²) in [5.74, 6) is 0. The topological polar surface area (TPSA) is 27.7 Å². The van der Waals surface area contributed by atoms with Crippen molar-refractivity contribution in [2.24, 2.45) is 0 Å². The Bertz CT molecular complexity index is 349. The van der Waals surface area contributed by atoms with Crippen LogP contribution in [0.25, 0.3) is 0 Å². The van der Waals surface area contributed by atoms with Crippen molar-refractivity contribution < 1.29 is 13.3 Å². The molecule has 0 aliphatic rings. The molecular weight excluding hydrogens is 276 g/mol. The number of hydrogen-bond acceptors (Lipinski definition) is 4. The lowest BCUT2D eigenvalue weighted by Gasteiger charge is -2.33. The van der Waals surface area contributed by atoms with E-state index in [0.717, 1.165) is 6.42 Å². The highest BCUT2D eigenvalue weighted by Gasteiger charge is 2.47. The lowest BCUT2D eigenvalue weighted by molar-refractivity contribution is 0.121. The van der Waals surface area contributed by atoms with Crippen molar-refractivity contribution in [2.75, 3.05) is 21.3 Å². The molecule has 3 nitrogen and oxygen atoms in total. The summed E-state index contributed by atoms with van der Waals surface area (Å²) in [6, 6.07) is 10.5. The van der Waals surface area contributed by atoms with E-state index in [0.29, 0.717) is 5.25 Å². The number of rotatable bonds is 8. The Kier molecular flexibility index (Phi) is 7.10. The van der Waals surface area contributed by atoms with Gasteiger partial charge in [-0.05, 0) is 18.9 Å². The minimum atomic E-state index is -2.58. The van der Waals surface area contributed by atoms with Gasteiger partial charge in [0.05, 0.1) is 4.87 Å². The highest BCUT2D eigenvalue weighted by atomic mass is 32.2. The van der Waals surface area contributed by atoms with E-state index in [9.17, 15) is 0 Å². The first-order valence-corrected chi connectivity index (χ1v) is 9.23. The Morgan fingerprint density at radius 2 is 1.58 bits per heavy atom. The highest BCUT2D eigenvalue weighted by molar-refractivity contribution is 8.01. The van der Waals surface area contributed by atoms with Gasteiger partial charge in [0.15, 0.2) is 0 Å². The molecule has 0 aromatic heterocycles. The van der Waals surface area contributed by atoms with E-state index in [4.69, 9.17) is 13.3 Å². The van der Waals surface area contributed by atoms with Crippen molar-refractivity contribution in [2.45, 2.75) is 30.4 Å². The molecule has 0 saturated heterocycles. The largest absolute Gasteiger partial charge is 0.513 e. The molecule has 0 spiro atoms. The van der Waals surface area contributed by atoms with Crippen molar-refractivity contribution in [1.29, 1.82) is 0 Å². The second-order valence-corrected chi connectivity index (χ2v) is 9.40. The Labute approximate surface area is 122 Å². The van der Waals surface area contributed by atoms with Crippen LogP contribution >= 0.6 is 11.8 Å². The van der Waals surface area contributed by atoms with Gasteiger partial charge in [-0.3, -0.25) is 0 Å². The minimum Gasteiger partial charge on any atom is -0.376 e. The van der Waals surface area contributed by atoms with Gasteiger partial charge in [0.25, 0.3) is 0 Å². The standard InChI is InChI=1S/C14H24O3SSi/c1-6-14(19(15-3,16-4)17-5)18-12(2)13-10-8-7-9-11-13/h7-12,14H,6H2,1-5H3. The first-order valence-electron chi connectivity index (χ1n) is 6.49. The van der Waals surface area contributed by atoms with Crippen LogP contribution < -0.4 is 0 Å². The molecule has 19 heavy (non-hydrogen) atoms. The Hall–Kier alpha value is -0.333. The fraction of sp³-hybridized carbons (Fsp3) is 0.571. The quantitative estimate of drug-likeness (QED) is 0.685. The predicted octanol–water partition coefficient (Wildman–Crippen LogP) is 3.68. The van der Waals surface area contributed by atoms with Gasteiger partial charge in [0.2, 0.25) is 0 Å². The lowest BCUT2D eigenvalue weighted by Crippen LogP contribution is -2.52. The zero-order valence-corrected chi connectivity index (χ0v) is 14.2. The summed E-state index contributed by atoms with van der Waals surface area (Å²) in [6.45, 7) is 4.36. The van der Waals surface area contributed by atoms with E-state index in [2.05, 4.69) is 38.1 Å². The molecule has 1 rings (SSSR count). The molecule has 0 fully saturated rings. The van der Waals surface area contributed by atoms with Gasteiger partial charge in [-0.25, -0.2) is 0 Å². The van der Waals surface area contributed by atoms with Gasteiger partial charge >= 0.3 is 8.80 Å². The van der Waals surface area contributed by atoms with Gasteiger partial charge in [-0.1, -0.05) is 37.3 Å². The summed E-state index contributed by atoms with van der Waals surface area (Å²) in [5.41, 5.74) is 1.32. The molecule has 0 bridgehead atoms. The summed E-state index contributed by atoms with van der Waals surface area (Å²) >= 11 is 1.87. The summed E-state index contributed by atoms with van der Waals surface area (Å²) in [6.07, 6.45) is 0.962. The summed E-state index contributed by atoms with van der Waals surface area (Å²) < 4.78 is 16.8. The minimum absolute atomic E-state index is 0.239. The van der Waals surface area contributed by atoms with E-state index in [1.807, 2.05) is 17.8 Å². The van der Waals surface area contributed by atoms with Crippen molar-refractivity contribution in [3.63, 3.8) is 0 Å². The van der Waals surface area contributed by atoms with Crippen LogP contribution in [0.15, 0.2) is 30.3 Å². The molecular formula is C14H24O3SSi. The Morgan fingerprint density at radius 3 is 2.00 bits per heavy atom. The molecule has 1 aromatic carbocycles. The van der Waals surface area contributed by atoms with Crippen molar-refractivity contribution >= 4 is 20.6 Å². The molecule has 1 aromatic rings. The third-order valence-corrected chi connectivity index (χ3v) is 8.78. The summed E-state index contributed by atoms with van der Waals surface area (Å²) in [5, 5.41) is 0.387. The van der Waals surface area contributed by atoms with Crippen molar-refractivity contribution in [3.8, 4) is 0 Å². The summed E-state index contributed by atoms with van der Waals surface area (Å²) in [7, 11) is 2.45. The number of benzene rings is 1. The number of thioether (sulfide) groups is 1. The fourth-order valence-corrected chi connectivity index (χ4v) is 7.06. The smallest absolute Gasteiger partial charge is 0.376 e. The van der Waals surface area contributed by atoms with E-state index < -0.39 is 8.80 Å². The monoisotopic (exact) mass is 300 g/mol. The first kappa shape index (κ1) is 16.7. The predicted molar refractivity (Wildman–Crippen MR) is 83.3 cm³/mol. The molecule has 0 radical (unpaired) electrons. The zero-order chi connectivity index (χ0) is 14.3. The zero-order valence-electron chi connectivity index (χ0n) is 12.4.